The van der Waals surface area contributed by atoms with Crippen LogP contribution in [0.2, 0.25) is 0 Å². The summed E-state index contributed by atoms with van der Waals surface area (Å²) < 4.78 is 9.77. The Labute approximate surface area is 144 Å². The average Bonchev–Trinajstić information content (AvgIpc) is 2.42. The third-order valence-corrected chi connectivity index (χ3v) is 2.12. The molecule has 0 saturated carbocycles. The minimum absolute atomic E-state index is 0.0988. The van der Waals surface area contributed by atoms with Gasteiger partial charge in [0.05, 0.1) is 13.2 Å². The normalized spacial score (nSPS) is 14.6. The molecule has 24 heavy (non-hydrogen) atoms. The maximum atomic E-state index is 11.7. The van der Waals surface area contributed by atoms with Crippen LogP contribution in [0.3, 0.4) is 0 Å². The predicted octanol–water partition coefficient (Wildman–Crippen LogP) is 4.15. The first-order valence-corrected chi connectivity index (χ1v) is 7.66. The lowest BCUT2D eigenvalue weighted by atomic mass is 9.99. The molecule has 140 valence electrons. The molecule has 0 aromatic rings. The number of hydrogen-bond donors (Lipinski definition) is 0. The summed E-state index contributed by atoms with van der Waals surface area (Å²) in [6.07, 6.45) is -0.752. The Morgan fingerprint density at radius 1 is 0.833 bits per heavy atom. The SMILES string of the molecule is C=CC(OOCC(C)(C)C)OC(=O)OC(C=C)OOCC(C)(C)C. The average molecular weight is 346 g/mol. The van der Waals surface area contributed by atoms with Crippen LogP contribution in [-0.4, -0.2) is 31.9 Å². The molecule has 0 spiro atoms. The van der Waals surface area contributed by atoms with Crippen LogP contribution in [0.25, 0.3) is 0 Å². The van der Waals surface area contributed by atoms with E-state index in [-0.39, 0.29) is 10.8 Å². The number of ether oxygens (including phenoxy) is 2. The van der Waals surface area contributed by atoms with E-state index in [0.29, 0.717) is 13.2 Å². The van der Waals surface area contributed by atoms with Crippen molar-refractivity contribution in [2.24, 2.45) is 10.8 Å². The van der Waals surface area contributed by atoms with Gasteiger partial charge in [-0.3, -0.25) is 0 Å². The van der Waals surface area contributed by atoms with Gasteiger partial charge >= 0.3 is 6.16 Å². The highest BCUT2D eigenvalue weighted by atomic mass is 17.2. The van der Waals surface area contributed by atoms with Gasteiger partial charge < -0.3 is 9.47 Å². The van der Waals surface area contributed by atoms with Gasteiger partial charge in [-0.2, -0.15) is 9.78 Å². The van der Waals surface area contributed by atoms with Crippen LogP contribution in [-0.2, 0) is 29.0 Å². The summed E-state index contributed by atoms with van der Waals surface area (Å²) in [7, 11) is 0. The minimum Gasteiger partial charge on any atom is -0.398 e. The molecule has 0 fully saturated rings. The zero-order valence-electron chi connectivity index (χ0n) is 15.5. The Balaban J connectivity index is 4.21. The van der Waals surface area contributed by atoms with E-state index in [0.717, 1.165) is 0 Å². The van der Waals surface area contributed by atoms with E-state index in [9.17, 15) is 4.79 Å². The van der Waals surface area contributed by atoms with Gasteiger partial charge in [-0.1, -0.05) is 54.7 Å². The molecule has 0 aromatic carbocycles. The molecule has 0 aliphatic carbocycles. The third kappa shape index (κ3) is 13.1. The maximum absolute atomic E-state index is 11.7. The highest BCUT2D eigenvalue weighted by Gasteiger charge is 2.20. The highest BCUT2D eigenvalue weighted by molar-refractivity contribution is 5.60. The molecule has 0 N–H and O–H groups in total. The van der Waals surface area contributed by atoms with Crippen LogP contribution in [0.1, 0.15) is 41.5 Å². The molecule has 0 aromatic heterocycles. The summed E-state index contributed by atoms with van der Waals surface area (Å²) in [5.41, 5.74) is -0.198. The molecule has 0 radical (unpaired) electrons. The molecule has 0 aliphatic rings. The molecular formula is C17H30O7. The van der Waals surface area contributed by atoms with Crippen molar-refractivity contribution in [1.82, 2.24) is 0 Å². The van der Waals surface area contributed by atoms with Gasteiger partial charge in [0.2, 0.25) is 0 Å². The molecular weight excluding hydrogens is 316 g/mol. The first-order valence-electron chi connectivity index (χ1n) is 7.66. The van der Waals surface area contributed by atoms with Crippen molar-refractivity contribution in [3.8, 4) is 0 Å². The number of carbonyl (C=O) groups excluding carboxylic acids is 1. The zero-order chi connectivity index (χ0) is 18.8. The van der Waals surface area contributed by atoms with Crippen LogP contribution in [0.4, 0.5) is 4.79 Å². The molecule has 0 saturated heterocycles. The minimum atomic E-state index is -1.11. The fourth-order valence-electron chi connectivity index (χ4n) is 0.987. The second kappa shape index (κ2) is 10.5. The van der Waals surface area contributed by atoms with Crippen LogP contribution in [0.15, 0.2) is 25.3 Å². The lowest BCUT2D eigenvalue weighted by Gasteiger charge is -2.21. The van der Waals surface area contributed by atoms with E-state index in [1.807, 2.05) is 41.5 Å². The Hall–Kier alpha value is -1.41. The number of carbonyl (C=O) groups is 1. The molecule has 7 nitrogen and oxygen atoms in total. The van der Waals surface area contributed by atoms with E-state index in [2.05, 4.69) is 13.2 Å². The molecule has 7 heteroatoms. The topological polar surface area (TPSA) is 72.5 Å². The van der Waals surface area contributed by atoms with Crippen LogP contribution in [0, 0.1) is 10.8 Å². The Kier molecular flexibility index (Phi) is 9.84. The van der Waals surface area contributed by atoms with Gasteiger partial charge in [-0.25, -0.2) is 14.6 Å². The molecule has 0 aliphatic heterocycles. The summed E-state index contributed by atoms with van der Waals surface area (Å²) in [6, 6.07) is 0. The highest BCUT2D eigenvalue weighted by Crippen LogP contribution is 2.15. The van der Waals surface area contributed by atoms with Gasteiger partial charge in [0.1, 0.15) is 0 Å². The molecule has 0 rings (SSSR count). The lowest BCUT2D eigenvalue weighted by molar-refractivity contribution is -0.377. The smallest absolute Gasteiger partial charge is 0.398 e. The first-order chi connectivity index (χ1) is 11.0. The second-order valence-electron chi connectivity index (χ2n) is 7.53. The van der Waals surface area contributed by atoms with Crippen LogP contribution < -0.4 is 0 Å². The molecule has 0 bridgehead atoms. The summed E-state index contributed by atoms with van der Waals surface area (Å²) in [5.74, 6) is 0. The first kappa shape index (κ1) is 22.6. The van der Waals surface area contributed by atoms with E-state index in [4.69, 9.17) is 29.0 Å². The quantitative estimate of drug-likeness (QED) is 0.193. The predicted molar refractivity (Wildman–Crippen MR) is 88.5 cm³/mol. The largest absolute Gasteiger partial charge is 0.513 e. The molecule has 2 unspecified atom stereocenters. The van der Waals surface area contributed by atoms with Gasteiger partial charge in [0, 0.05) is 0 Å². The van der Waals surface area contributed by atoms with E-state index >= 15 is 0 Å². The Morgan fingerprint density at radius 2 is 1.17 bits per heavy atom. The summed E-state index contributed by atoms with van der Waals surface area (Å²) >= 11 is 0. The van der Waals surface area contributed by atoms with Crippen LogP contribution >= 0.6 is 0 Å². The monoisotopic (exact) mass is 346 g/mol. The van der Waals surface area contributed by atoms with Crippen molar-refractivity contribution >= 4 is 6.16 Å². The Morgan fingerprint density at radius 3 is 1.42 bits per heavy atom. The van der Waals surface area contributed by atoms with Gasteiger partial charge in [-0.15, -0.1) is 0 Å². The van der Waals surface area contributed by atoms with Crippen molar-refractivity contribution in [1.29, 1.82) is 0 Å². The van der Waals surface area contributed by atoms with Crippen molar-refractivity contribution < 1.29 is 33.8 Å². The summed E-state index contributed by atoms with van der Waals surface area (Å²) in [4.78, 5) is 31.6. The Bertz CT molecular complexity index is 357. The van der Waals surface area contributed by atoms with E-state index < -0.39 is 18.7 Å². The zero-order valence-corrected chi connectivity index (χ0v) is 15.5. The summed E-state index contributed by atoms with van der Waals surface area (Å²) in [6.45, 7) is 19.4. The fraction of sp³-hybridized carbons (Fsp3) is 0.706. The van der Waals surface area contributed by atoms with E-state index in [1.165, 1.54) is 12.2 Å². The van der Waals surface area contributed by atoms with Crippen molar-refractivity contribution in [3.05, 3.63) is 25.3 Å². The summed E-state index contributed by atoms with van der Waals surface area (Å²) in [5, 5.41) is 0. The van der Waals surface area contributed by atoms with E-state index in [1.54, 1.807) is 0 Å². The van der Waals surface area contributed by atoms with Gasteiger partial charge in [-0.05, 0) is 23.0 Å². The van der Waals surface area contributed by atoms with Crippen molar-refractivity contribution in [3.63, 3.8) is 0 Å². The van der Waals surface area contributed by atoms with Gasteiger partial charge in [0.15, 0.2) is 0 Å². The standard InChI is InChI=1S/C17H30O7/c1-9-13(23-19-11-16(3,4)5)21-15(18)22-14(10-2)24-20-12-17(6,7)8/h9-10,13-14H,1-2,11-12H2,3-8H3. The number of rotatable bonds is 10. The van der Waals surface area contributed by atoms with Crippen molar-refractivity contribution in [2.75, 3.05) is 13.2 Å². The van der Waals surface area contributed by atoms with Gasteiger partial charge in [0.25, 0.3) is 12.6 Å². The third-order valence-electron chi connectivity index (χ3n) is 2.12. The van der Waals surface area contributed by atoms with Crippen LogP contribution in [0.5, 0.6) is 0 Å². The maximum Gasteiger partial charge on any atom is 0.513 e. The second-order valence-corrected chi connectivity index (χ2v) is 7.53. The molecule has 0 amide bonds. The molecule has 2 atom stereocenters. The van der Waals surface area contributed by atoms with Crippen molar-refractivity contribution in [2.45, 2.75) is 54.1 Å². The molecule has 0 heterocycles. The number of hydrogen-bond acceptors (Lipinski definition) is 7. The fourth-order valence-corrected chi connectivity index (χ4v) is 0.987. The lowest BCUT2D eigenvalue weighted by Crippen LogP contribution is -2.27.